The van der Waals surface area contributed by atoms with Crippen LogP contribution in [0.4, 0.5) is 19.0 Å². The van der Waals surface area contributed by atoms with Crippen LogP contribution in [0.1, 0.15) is 56.5 Å². The maximum absolute atomic E-state index is 13.3. The number of rotatable bonds is 4. The lowest BCUT2D eigenvalue weighted by atomic mass is 10.1. The van der Waals surface area contributed by atoms with Crippen molar-refractivity contribution in [2.75, 3.05) is 32.0 Å². The fraction of sp³-hybridized carbons (Fsp3) is 0.652. The highest BCUT2D eigenvalue weighted by atomic mass is 19.4. The summed E-state index contributed by atoms with van der Waals surface area (Å²) in [4.78, 5) is 11.1. The highest BCUT2D eigenvalue weighted by molar-refractivity contribution is 5.62. The van der Waals surface area contributed by atoms with Crippen molar-refractivity contribution in [3.05, 3.63) is 29.8 Å². The summed E-state index contributed by atoms with van der Waals surface area (Å²) >= 11 is 0. The van der Waals surface area contributed by atoms with Crippen molar-refractivity contribution < 1.29 is 17.9 Å². The summed E-state index contributed by atoms with van der Waals surface area (Å²) in [6.45, 7) is 7.92. The molecule has 5 rings (SSSR count). The molecule has 1 unspecified atom stereocenters. The largest absolute Gasteiger partial charge is 0.419 e. The van der Waals surface area contributed by atoms with Gasteiger partial charge in [-0.2, -0.15) is 13.2 Å². The topological polar surface area (TPSA) is 69.2 Å². The van der Waals surface area contributed by atoms with E-state index in [0.717, 1.165) is 44.6 Å². The monoisotopic (exact) mass is 449 g/mol. The normalized spacial score (nSPS) is 28.7. The first kappa shape index (κ1) is 21.7. The number of nitrogen functional groups attached to an aromatic ring is 1. The van der Waals surface area contributed by atoms with Crippen LogP contribution in [0.2, 0.25) is 0 Å². The fourth-order valence-corrected chi connectivity index (χ4v) is 5.67. The molecule has 4 atom stereocenters. The summed E-state index contributed by atoms with van der Waals surface area (Å²) in [6, 6.07) is 2.06. The van der Waals surface area contributed by atoms with Crippen molar-refractivity contribution in [2.24, 2.45) is 11.8 Å². The maximum atomic E-state index is 13.3. The van der Waals surface area contributed by atoms with Crippen LogP contribution in [0.3, 0.4) is 0 Å². The first-order valence-corrected chi connectivity index (χ1v) is 11.5. The van der Waals surface area contributed by atoms with Crippen molar-refractivity contribution >= 4 is 5.82 Å². The predicted octanol–water partition coefficient (Wildman–Crippen LogP) is 4.34. The van der Waals surface area contributed by atoms with Crippen LogP contribution in [-0.4, -0.2) is 51.8 Å². The van der Waals surface area contributed by atoms with Gasteiger partial charge < -0.3 is 15.0 Å². The van der Waals surface area contributed by atoms with Gasteiger partial charge >= 0.3 is 6.18 Å². The molecule has 6 nitrogen and oxygen atoms in total. The Hall–Kier alpha value is -2.13. The molecule has 2 saturated carbocycles. The van der Waals surface area contributed by atoms with Crippen molar-refractivity contribution in [1.29, 1.82) is 0 Å². The molecule has 2 aromatic rings. The molecule has 3 fully saturated rings. The number of nitrogens with zero attached hydrogens (tertiary/aromatic N) is 4. The number of halogens is 3. The van der Waals surface area contributed by atoms with E-state index in [4.69, 9.17) is 15.5 Å². The van der Waals surface area contributed by atoms with E-state index in [2.05, 4.69) is 28.3 Å². The molecule has 174 valence electrons. The van der Waals surface area contributed by atoms with E-state index >= 15 is 0 Å². The number of hydrogen-bond donors (Lipinski definition) is 1. The summed E-state index contributed by atoms with van der Waals surface area (Å²) in [6.07, 6.45) is 2.18. The lowest BCUT2D eigenvalue weighted by Crippen LogP contribution is -2.36. The average Bonchev–Trinajstić information content (AvgIpc) is 3.06. The Balaban J connectivity index is 1.37. The molecule has 0 aromatic carbocycles. The lowest BCUT2D eigenvalue weighted by molar-refractivity contribution is -0.137. The molecular weight excluding hydrogens is 419 g/mol. The Morgan fingerprint density at radius 1 is 1.16 bits per heavy atom. The van der Waals surface area contributed by atoms with Crippen LogP contribution in [0.15, 0.2) is 18.5 Å². The van der Waals surface area contributed by atoms with Gasteiger partial charge in [0.1, 0.15) is 11.6 Å². The summed E-state index contributed by atoms with van der Waals surface area (Å²) < 4.78 is 47.8. The van der Waals surface area contributed by atoms with E-state index in [9.17, 15) is 13.2 Å². The SMILES string of the molecule is CC(C)c1nc(-c2cnc(N)c(C(F)(F)F)c2)cn1[C@H]1[C@@H]2CC(N3CCCOCC3)C[C@@H]21. The number of nitrogens with two attached hydrogens (primary N) is 1. The van der Waals surface area contributed by atoms with Crippen LogP contribution in [0.5, 0.6) is 0 Å². The first-order chi connectivity index (χ1) is 15.2. The van der Waals surface area contributed by atoms with Crippen molar-refractivity contribution in [3.63, 3.8) is 0 Å². The van der Waals surface area contributed by atoms with Crippen LogP contribution in [-0.2, 0) is 10.9 Å². The van der Waals surface area contributed by atoms with Crippen LogP contribution in [0.25, 0.3) is 11.3 Å². The van der Waals surface area contributed by atoms with E-state index in [-0.39, 0.29) is 5.92 Å². The summed E-state index contributed by atoms with van der Waals surface area (Å²) in [5, 5.41) is 0. The zero-order valence-corrected chi connectivity index (χ0v) is 18.5. The van der Waals surface area contributed by atoms with Gasteiger partial charge in [0.2, 0.25) is 0 Å². The van der Waals surface area contributed by atoms with Gasteiger partial charge in [-0.25, -0.2) is 9.97 Å². The van der Waals surface area contributed by atoms with Crippen LogP contribution < -0.4 is 5.73 Å². The minimum absolute atomic E-state index is 0.174. The second kappa shape index (κ2) is 8.02. The third kappa shape index (κ3) is 3.90. The Bertz CT molecular complexity index is 968. The number of imidazole rings is 1. The number of hydrogen-bond acceptors (Lipinski definition) is 5. The molecule has 1 saturated heterocycles. The van der Waals surface area contributed by atoms with Gasteiger partial charge in [-0.05, 0) is 37.2 Å². The first-order valence-electron chi connectivity index (χ1n) is 11.5. The van der Waals surface area contributed by atoms with E-state index in [1.807, 2.05) is 6.20 Å². The maximum Gasteiger partial charge on any atom is 0.419 e. The Labute approximate surface area is 186 Å². The molecule has 2 aliphatic carbocycles. The number of alkyl halides is 3. The number of pyridine rings is 1. The van der Waals surface area contributed by atoms with Crippen molar-refractivity contribution in [2.45, 2.75) is 57.3 Å². The quantitative estimate of drug-likeness (QED) is 0.752. The molecule has 2 aromatic heterocycles. The zero-order chi connectivity index (χ0) is 22.6. The zero-order valence-electron chi connectivity index (χ0n) is 18.5. The van der Waals surface area contributed by atoms with Gasteiger partial charge in [0, 0.05) is 55.7 Å². The van der Waals surface area contributed by atoms with Gasteiger partial charge in [0.15, 0.2) is 0 Å². The molecule has 0 amide bonds. The summed E-state index contributed by atoms with van der Waals surface area (Å²) in [5.74, 6) is 1.81. The van der Waals surface area contributed by atoms with Crippen molar-refractivity contribution in [1.82, 2.24) is 19.4 Å². The van der Waals surface area contributed by atoms with Crippen molar-refractivity contribution in [3.8, 4) is 11.3 Å². The number of ether oxygens (including phenoxy) is 1. The minimum Gasteiger partial charge on any atom is -0.383 e. The van der Waals surface area contributed by atoms with E-state index in [1.165, 1.54) is 19.0 Å². The fourth-order valence-electron chi connectivity index (χ4n) is 5.67. The van der Waals surface area contributed by atoms with Gasteiger partial charge in [0.25, 0.3) is 0 Å². The van der Waals surface area contributed by atoms with E-state index in [1.54, 1.807) is 0 Å². The number of aromatic nitrogens is 3. The molecule has 0 spiro atoms. The van der Waals surface area contributed by atoms with Gasteiger partial charge in [-0.1, -0.05) is 13.8 Å². The molecule has 2 N–H and O–H groups in total. The van der Waals surface area contributed by atoms with Crippen LogP contribution >= 0.6 is 0 Å². The van der Waals surface area contributed by atoms with E-state index in [0.29, 0.717) is 35.2 Å². The molecular formula is C23H30F3N5O. The highest BCUT2D eigenvalue weighted by Crippen LogP contribution is 2.62. The third-order valence-corrected chi connectivity index (χ3v) is 7.27. The standard InChI is InChI=1S/C23H30F3N5O/c1-13(2)22-29-19(14-8-18(23(24,25)26)21(27)28-11-14)12-31(22)20-16-9-15(10-17(16)20)30-4-3-6-32-7-5-30/h8,11-13,15-17,20H,3-7,9-10H2,1-2H3,(H2,27,28)/t15?,16-,17+,20+. The predicted molar refractivity (Wildman–Crippen MR) is 115 cm³/mol. The Morgan fingerprint density at radius 2 is 1.91 bits per heavy atom. The lowest BCUT2D eigenvalue weighted by Gasteiger charge is -2.29. The molecule has 32 heavy (non-hydrogen) atoms. The summed E-state index contributed by atoms with van der Waals surface area (Å²) in [7, 11) is 0. The Morgan fingerprint density at radius 3 is 2.59 bits per heavy atom. The Kier molecular flexibility index (Phi) is 5.44. The van der Waals surface area contributed by atoms with Crippen LogP contribution in [0, 0.1) is 11.8 Å². The van der Waals surface area contributed by atoms with E-state index < -0.39 is 17.6 Å². The van der Waals surface area contributed by atoms with Gasteiger partial charge in [0.05, 0.1) is 17.9 Å². The smallest absolute Gasteiger partial charge is 0.383 e. The molecule has 3 aliphatic rings. The summed E-state index contributed by atoms with van der Waals surface area (Å²) in [5.41, 5.74) is 5.43. The van der Waals surface area contributed by atoms with Gasteiger partial charge in [-0.15, -0.1) is 0 Å². The molecule has 0 bridgehead atoms. The molecule has 3 heterocycles. The van der Waals surface area contributed by atoms with Gasteiger partial charge in [-0.3, -0.25) is 4.90 Å². The third-order valence-electron chi connectivity index (χ3n) is 7.27. The number of fused-ring (bicyclic) bond motifs is 1. The second-order valence-corrected chi connectivity index (χ2v) is 9.65. The second-order valence-electron chi connectivity index (χ2n) is 9.65. The highest BCUT2D eigenvalue weighted by Gasteiger charge is 2.58. The minimum atomic E-state index is -4.54. The molecule has 0 radical (unpaired) electrons. The molecule has 9 heteroatoms. The molecule has 1 aliphatic heterocycles. The number of anilines is 1. The average molecular weight is 450 g/mol.